The minimum atomic E-state index is -4.26. The van der Waals surface area contributed by atoms with Crippen LogP contribution in [0.2, 0.25) is 0 Å². The molecule has 0 bridgehead atoms. The van der Waals surface area contributed by atoms with Gasteiger partial charge >= 0.3 is 55.4 Å². The van der Waals surface area contributed by atoms with E-state index in [-0.39, 0.29) is 83.4 Å². The summed E-state index contributed by atoms with van der Waals surface area (Å²) in [6.45, 7) is 3.51. The molecule has 1 aliphatic heterocycles. The third-order valence-electron chi connectivity index (χ3n) is 18.4. The van der Waals surface area contributed by atoms with Crippen LogP contribution in [-0.2, 0) is 94.0 Å². The second-order valence-corrected chi connectivity index (χ2v) is 32.5. The Kier molecular flexibility index (Phi) is 43.8. The van der Waals surface area contributed by atoms with Crippen molar-refractivity contribution in [1.29, 1.82) is 0 Å². The summed E-state index contributed by atoms with van der Waals surface area (Å²) < 4.78 is 92.6. The van der Waals surface area contributed by atoms with Crippen molar-refractivity contribution in [3.05, 3.63) is 526 Å². The average molecular weight is 2010 g/mol. The van der Waals surface area contributed by atoms with Crippen LogP contribution in [0.5, 0.6) is 0 Å². The van der Waals surface area contributed by atoms with Crippen LogP contribution in [0.3, 0.4) is 0 Å². The van der Waals surface area contributed by atoms with Crippen LogP contribution in [0.4, 0.5) is 22.7 Å². The van der Waals surface area contributed by atoms with Crippen LogP contribution >= 0.6 is 0 Å². The second-order valence-electron chi connectivity index (χ2n) is 27.8. The number of para-hydroxylation sites is 1. The standard InChI is InChI=1S/C20H15.2C18H15N2O2S.C17H12N3O4S.C11H8NO4.C7H4NO.3C5H5N.3Ni/c1-4-10-17(11-5-1)16-20(18-12-6-2-7-13-18)19-14-8-3-9-15-19;2*1-14-8-2-5-12-18(14)23(21,22)20-17-11-4-3-9-15(17)16-10-6-7-13-19-16;21-20(22)16-10-3-4-11-17(16)25(23,24)19-15-9-2-1-7-13(15)14-8-5-6-12-18-14;13-9-6-7-10(14)12(9)16-11(15)8-4-2-1-3-5-8;1-2-4-7-6(3-1)8-5-9-7;3*1-2-4-6-5-3-1;;;/h1-15H;2*2-13H,1H3;1-12H;2-5H,6-7H2;2-5H;3*1-5H;;;/q6*-1;;;;3*+2. The van der Waals surface area contributed by atoms with Crippen LogP contribution < -0.4 is 0 Å². The second kappa shape index (κ2) is 56.3. The van der Waals surface area contributed by atoms with Crippen LogP contribution in [0, 0.1) is 42.2 Å². The Morgan fingerprint density at radius 2 is 0.723 bits per heavy atom. The molecule has 1 fully saturated rings. The fraction of sp³-hybridized carbons (Fsp3) is 0.0377. The molecule has 137 heavy (non-hydrogen) atoms. The van der Waals surface area contributed by atoms with E-state index >= 15 is 0 Å². The maximum atomic E-state index is 12.6. The molecular formula is C106H84N12Ni3O13S3. The number of aryl methyl sites for hydroxylation is 2. The number of rotatable bonds is 18. The van der Waals surface area contributed by atoms with E-state index in [1.54, 1.807) is 203 Å². The minimum absolute atomic E-state index is 0. The van der Waals surface area contributed by atoms with Gasteiger partial charge in [-0.2, -0.15) is 42.5 Å². The summed E-state index contributed by atoms with van der Waals surface area (Å²) in [6.07, 6.45) is 20.6. The summed E-state index contributed by atoms with van der Waals surface area (Å²) in [6, 6.07) is 121. The van der Waals surface area contributed by atoms with Gasteiger partial charge in [0.25, 0.3) is 17.5 Å². The Hall–Kier alpha value is -15.7. The molecule has 694 valence electrons. The van der Waals surface area contributed by atoms with Gasteiger partial charge in [0.2, 0.25) is 0 Å². The number of pyridine rings is 6. The number of nitro benzene ring substituents is 1. The molecular weight excluding hydrogens is 1920 g/mol. The Morgan fingerprint density at radius 1 is 0.387 bits per heavy atom. The summed E-state index contributed by atoms with van der Waals surface area (Å²) in [5.41, 5.74) is 12.1. The first-order valence-corrected chi connectivity index (χ1v) is 45.4. The van der Waals surface area contributed by atoms with Crippen molar-refractivity contribution in [2.24, 2.45) is 0 Å². The number of benzene rings is 11. The zero-order valence-electron chi connectivity index (χ0n) is 73.0. The Balaban J connectivity index is 0.000000196. The van der Waals surface area contributed by atoms with E-state index in [0.29, 0.717) is 61.3 Å². The summed E-state index contributed by atoms with van der Waals surface area (Å²) in [5.74, 6) is -1.70. The van der Waals surface area contributed by atoms with Crippen LogP contribution in [-0.4, -0.2) is 87.9 Å². The van der Waals surface area contributed by atoms with E-state index in [4.69, 9.17) is 9.25 Å². The maximum absolute atomic E-state index is 12.6. The molecule has 11 aromatic carbocycles. The van der Waals surface area contributed by atoms with Gasteiger partial charge < -0.3 is 23.4 Å². The van der Waals surface area contributed by atoms with Crippen molar-refractivity contribution < 1.29 is 103 Å². The Bertz CT molecular complexity index is 6740. The van der Waals surface area contributed by atoms with Crippen molar-refractivity contribution in [3.8, 4) is 33.8 Å². The van der Waals surface area contributed by atoms with Crippen molar-refractivity contribution in [2.75, 3.05) is 0 Å². The van der Waals surface area contributed by atoms with Gasteiger partial charge in [-0.05, 0) is 144 Å². The third kappa shape index (κ3) is 33.7. The smallest absolute Gasteiger partial charge is 0.572 e. The first-order valence-electron chi connectivity index (χ1n) is 41.1. The molecule has 31 heteroatoms. The van der Waals surface area contributed by atoms with E-state index in [0.717, 1.165) is 28.3 Å². The van der Waals surface area contributed by atoms with Gasteiger partial charge in [0.15, 0.2) is 6.39 Å². The largest absolute Gasteiger partial charge is 2.00 e. The topological polar surface area (TPSA) is 355 Å². The SMILES string of the molecule is Cc1ccccc1S(=O)(=O)[N-]c1ccccc1-c1ccccn1.Cc1ccccc1S(=O)(=O)[N-]c1ccccc1-c1ccccn1.O=C(ON1C(=O)CCC1=O)c1cc[c-]cc1.O=[N+]([O-])c1ccccc1S(=O)(=O)[N-]c1ccccc1-c1ccccn1.[C-](=C(c1ccccc1)c1ccccc1)c1ccccc1.[Ni+2].[Ni+2].[Ni+2].[c-]1ccc2ocnc2c1.c1ccncc1.c1ccncc1.c1ccncc1. The molecule has 1 saturated heterocycles. The number of amides is 2. The van der Waals surface area contributed by atoms with Gasteiger partial charge in [-0.15, -0.1) is 63.6 Å². The van der Waals surface area contributed by atoms with Gasteiger partial charge in [-0.3, -0.25) is 54.6 Å². The zero-order valence-corrected chi connectivity index (χ0v) is 78.4. The number of aromatic nitrogens is 7. The average Bonchev–Trinajstić information content (AvgIpc) is 1.62. The fourth-order valence-corrected chi connectivity index (χ4v) is 15.8. The number of sulfonamides is 3. The van der Waals surface area contributed by atoms with Gasteiger partial charge in [0.05, 0.1) is 31.8 Å². The summed E-state index contributed by atoms with van der Waals surface area (Å²) in [4.78, 5) is 76.9. The van der Waals surface area contributed by atoms with Gasteiger partial charge in [-0.1, -0.05) is 248 Å². The number of oxazole rings is 1. The van der Waals surface area contributed by atoms with Crippen molar-refractivity contribution in [3.63, 3.8) is 0 Å². The minimum Gasteiger partial charge on any atom is -0.572 e. The molecule has 0 spiro atoms. The third-order valence-corrected chi connectivity index (χ3v) is 22.7. The summed E-state index contributed by atoms with van der Waals surface area (Å²) in [7, 11) is -11.8. The molecule has 8 heterocycles. The molecule has 0 radical (unpaired) electrons. The molecule has 0 N–H and O–H groups in total. The monoisotopic (exact) mass is 2000 g/mol. The molecule has 7 aromatic heterocycles. The van der Waals surface area contributed by atoms with E-state index in [1.165, 1.54) is 53.9 Å². The van der Waals surface area contributed by atoms with Crippen molar-refractivity contribution in [1.82, 2.24) is 40.0 Å². The van der Waals surface area contributed by atoms with Crippen molar-refractivity contribution >= 4 is 87.3 Å². The molecule has 0 unspecified atom stereocenters. The first kappa shape index (κ1) is 107. The molecule has 1 aliphatic rings. The number of carbonyl (C=O) groups is 3. The zero-order chi connectivity index (χ0) is 94.4. The summed E-state index contributed by atoms with van der Waals surface area (Å²) >= 11 is 0. The van der Waals surface area contributed by atoms with Crippen LogP contribution in [0.15, 0.2) is 470 Å². The predicted octanol–water partition coefficient (Wildman–Crippen LogP) is 23.5. The molecule has 18 aromatic rings. The Labute approximate surface area is 825 Å². The predicted molar refractivity (Wildman–Crippen MR) is 517 cm³/mol. The van der Waals surface area contributed by atoms with E-state index in [2.05, 4.69) is 128 Å². The molecule has 0 saturated carbocycles. The number of fused-ring (bicyclic) bond motifs is 1. The molecule has 19 rings (SSSR count). The maximum Gasteiger partial charge on any atom is 2.00 e. The van der Waals surface area contributed by atoms with Gasteiger partial charge in [-0.25, -0.2) is 30.0 Å². The first-order chi connectivity index (χ1) is 65.2. The normalized spacial score (nSPS) is 10.7. The fourth-order valence-electron chi connectivity index (χ4n) is 12.1. The molecule has 0 aliphatic carbocycles. The van der Waals surface area contributed by atoms with Crippen LogP contribution in [0.25, 0.3) is 64.6 Å². The van der Waals surface area contributed by atoms with E-state index in [9.17, 15) is 49.8 Å². The molecule has 2 amide bonds. The van der Waals surface area contributed by atoms with E-state index in [1.807, 2.05) is 152 Å². The summed E-state index contributed by atoms with van der Waals surface area (Å²) in [5, 5.41) is 11.6. The number of hydrogen-bond donors (Lipinski definition) is 0. The number of nitro groups is 1. The quantitative estimate of drug-likeness (QED) is 0.0192. The van der Waals surface area contributed by atoms with Gasteiger partial charge in [0.1, 0.15) is 35.0 Å². The van der Waals surface area contributed by atoms with Crippen molar-refractivity contribution in [2.45, 2.75) is 41.4 Å². The number of nitrogens with zero attached hydrogens (tertiary/aromatic N) is 12. The van der Waals surface area contributed by atoms with Crippen LogP contribution in [0.1, 0.15) is 51.0 Å². The Morgan fingerprint density at radius 3 is 1.09 bits per heavy atom. The number of hydrogen-bond acceptors (Lipinski definition) is 20. The van der Waals surface area contributed by atoms with Gasteiger partial charge in [0, 0.05) is 80.3 Å². The molecule has 0 atom stereocenters. The van der Waals surface area contributed by atoms with E-state index < -0.39 is 63.4 Å². The molecule has 25 nitrogen and oxygen atoms in total. The number of carbonyl (C=O) groups excluding carboxylic acids is 3. The number of imide groups is 1. The number of hydroxylamine groups is 2.